The first-order chi connectivity index (χ1) is 11.2. The molecule has 0 aliphatic heterocycles. The van der Waals surface area contributed by atoms with Crippen LogP contribution in [0.5, 0.6) is 0 Å². The van der Waals surface area contributed by atoms with Crippen LogP contribution in [0, 0.1) is 6.92 Å². The van der Waals surface area contributed by atoms with E-state index >= 15 is 0 Å². The highest BCUT2D eigenvalue weighted by Gasteiger charge is 2.18. The molecule has 0 saturated carbocycles. The van der Waals surface area contributed by atoms with Gasteiger partial charge in [0.2, 0.25) is 0 Å². The van der Waals surface area contributed by atoms with E-state index in [9.17, 15) is 0 Å². The van der Waals surface area contributed by atoms with Gasteiger partial charge in [-0.05, 0) is 24.6 Å². The Hall–Kier alpha value is -2.81. The van der Waals surface area contributed by atoms with Crippen LogP contribution in [0.2, 0.25) is 0 Å². The van der Waals surface area contributed by atoms with E-state index in [1.54, 1.807) is 0 Å². The molecular formula is C20H17N3. The number of hydrogen-bond acceptors (Lipinski definition) is 1. The van der Waals surface area contributed by atoms with Crippen molar-refractivity contribution in [2.24, 2.45) is 14.1 Å². The Bertz CT molecular complexity index is 1140. The van der Waals surface area contributed by atoms with E-state index in [1.807, 2.05) is 0 Å². The molecule has 0 unspecified atom stereocenters. The Morgan fingerprint density at radius 2 is 1.13 bits per heavy atom. The Morgan fingerprint density at radius 1 is 0.696 bits per heavy atom. The molecule has 0 N–H and O–H groups in total. The SMILES string of the molecule is Cc1c2c3ccccc3n(C)c2nc2c1c1ccccc1n2C. The van der Waals surface area contributed by atoms with Gasteiger partial charge >= 0.3 is 0 Å². The molecule has 2 aromatic carbocycles. The van der Waals surface area contributed by atoms with Crippen LogP contribution >= 0.6 is 0 Å². The van der Waals surface area contributed by atoms with Crippen LogP contribution in [-0.2, 0) is 14.1 Å². The zero-order chi connectivity index (χ0) is 15.7. The highest BCUT2D eigenvalue weighted by Crippen LogP contribution is 2.37. The summed E-state index contributed by atoms with van der Waals surface area (Å²) in [4.78, 5) is 5.04. The number of aryl methyl sites for hydroxylation is 3. The van der Waals surface area contributed by atoms with Crippen LogP contribution < -0.4 is 0 Å². The van der Waals surface area contributed by atoms with E-state index in [0.29, 0.717) is 0 Å². The molecule has 0 aliphatic rings. The molecule has 5 aromatic rings. The van der Waals surface area contributed by atoms with Crippen molar-refractivity contribution >= 4 is 43.9 Å². The third-order valence-electron chi connectivity index (χ3n) is 5.11. The fourth-order valence-corrected chi connectivity index (χ4v) is 3.99. The standard InChI is InChI=1S/C20H17N3/c1-12-17-13-8-4-6-10-15(13)22(2)19(17)21-20-18(12)14-9-5-7-11-16(14)23(20)3/h4-11H,1-3H3. The lowest BCUT2D eigenvalue weighted by molar-refractivity contribution is 0.964. The quantitative estimate of drug-likeness (QED) is 0.407. The van der Waals surface area contributed by atoms with Gasteiger partial charge in [-0.15, -0.1) is 0 Å². The number of nitrogens with zero attached hydrogens (tertiary/aromatic N) is 3. The summed E-state index contributed by atoms with van der Waals surface area (Å²) in [7, 11) is 4.21. The van der Waals surface area contributed by atoms with Crippen LogP contribution in [0.15, 0.2) is 48.5 Å². The van der Waals surface area contributed by atoms with Crippen molar-refractivity contribution in [1.82, 2.24) is 14.1 Å². The minimum Gasteiger partial charge on any atom is -0.328 e. The zero-order valence-electron chi connectivity index (χ0n) is 13.5. The van der Waals surface area contributed by atoms with Crippen LogP contribution in [0.1, 0.15) is 5.56 Å². The van der Waals surface area contributed by atoms with Crippen molar-refractivity contribution in [1.29, 1.82) is 0 Å². The summed E-state index contributed by atoms with van der Waals surface area (Å²) in [6.07, 6.45) is 0. The van der Waals surface area contributed by atoms with Crippen molar-refractivity contribution in [3.63, 3.8) is 0 Å². The first-order valence-electron chi connectivity index (χ1n) is 7.89. The van der Waals surface area contributed by atoms with Crippen molar-refractivity contribution < 1.29 is 0 Å². The average molecular weight is 299 g/mol. The summed E-state index contributed by atoms with van der Waals surface area (Å²) in [6, 6.07) is 17.1. The van der Waals surface area contributed by atoms with Crippen molar-refractivity contribution in [3.05, 3.63) is 54.1 Å². The minimum absolute atomic E-state index is 1.06. The summed E-state index contributed by atoms with van der Waals surface area (Å²) < 4.78 is 4.41. The number of hydrogen-bond donors (Lipinski definition) is 0. The first kappa shape index (κ1) is 12.7. The predicted octanol–water partition coefficient (Wildman–Crippen LogP) is 4.68. The maximum Gasteiger partial charge on any atom is 0.143 e. The van der Waals surface area contributed by atoms with Crippen LogP contribution in [0.3, 0.4) is 0 Å². The Labute approximate surface area is 133 Å². The molecule has 3 aromatic heterocycles. The predicted molar refractivity (Wildman–Crippen MR) is 96.9 cm³/mol. The van der Waals surface area contributed by atoms with E-state index in [1.165, 1.54) is 38.1 Å². The lowest BCUT2D eigenvalue weighted by atomic mass is 10.0. The summed E-state index contributed by atoms with van der Waals surface area (Å²) in [5, 5.41) is 5.11. The molecule has 0 radical (unpaired) electrons. The Morgan fingerprint density at radius 3 is 1.61 bits per heavy atom. The molecule has 0 bridgehead atoms. The maximum atomic E-state index is 5.04. The maximum absolute atomic E-state index is 5.04. The second-order valence-electron chi connectivity index (χ2n) is 6.29. The molecule has 3 heteroatoms. The van der Waals surface area contributed by atoms with Crippen LogP contribution in [0.25, 0.3) is 43.9 Å². The lowest BCUT2D eigenvalue weighted by Crippen LogP contribution is -1.94. The summed E-state index contributed by atoms with van der Waals surface area (Å²) in [5.41, 5.74) is 5.90. The molecule has 0 amide bonds. The largest absolute Gasteiger partial charge is 0.328 e. The monoisotopic (exact) mass is 299 g/mol. The number of benzene rings is 2. The first-order valence-corrected chi connectivity index (χ1v) is 7.89. The molecule has 0 saturated heterocycles. The summed E-state index contributed by atoms with van der Waals surface area (Å²) >= 11 is 0. The minimum atomic E-state index is 1.06. The topological polar surface area (TPSA) is 22.8 Å². The van der Waals surface area contributed by atoms with Gasteiger partial charge in [-0.2, -0.15) is 0 Å². The summed E-state index contributed by atoms with van der Waals surface area (Å²) in [6.45, 7) is 2.23. The number of para-hydroxylation sites is 2. The Kier molecular flexibility index (Phi) is 2.28. The van der Waals surface area contributed by atoms with Gasteiger partial charge in [0.25, 0.3) is 0 Å². The highest BCUT2D eigenvalue weighted by molar-refractivity contribution is 6.18. The van der Waals surface area contributed by atoms with Crippen molar-refractivity contribution in [2.75, 3.05) is 0 Å². The second kappa shape index (κ2) is 4.13. The van der Waals surface area contributed by atoms with E-state index in [2.05, 4.69) is 78.7 Å². The van der Waals surface area contributed by atoms with E-state index in [-0.39, 0.29) is 0 Å². The fraction of sp³-hybridized carbons (Fsp3) is 0.150. The lowest BCUT2D eigenvalue weighted by Gasteiger charge is -2.03. The van der Waals surface area contributed by atoms with Gasteiger partial charge in [0.15, 0.2) is 0 Å². The van der Waals surface area contributed by atoms with Gasteiger partial charge in [-0.1, -0.05) is 36.4 Å². The van der Waals surface area contributed by atoms with Crippen LogP contribution in [0.4, 0.5) is 0 Å². The van der Waals surface area contributed by atoms with Gasteiger partial charge in [0, 0.05) is 35.6 Å². The molecule has 5 rings (SSSR count). The van der Waals surface area contributed by atoms with E-state index in [0.717, 1.165) is 11.3 Å². The highest BCUT2D eigenvalue weighted by atomic mass is 15.1. The smallest absolute Gasteiger partial charge is 0.143 e. The van der Waals surface area contributed by atoms with Gasteiger partial charge < -0.3 is 9.13 Å². The number of aromatic nitrogens is 3. The van der Waals surface area contributed by atoms with Gasteiger partial charge in [0.1, 0.15) is 11.3 Å². The second-order valence-corrected chi connectivity index (χ2v) is 6.29. The van der Waals surface area contributed by atoms with Gasteiger partial charge in [-0.25, -0.2) is 4.98 Å². The molecule has 0 fully saturated rings. The third-order valence-corrected chi connectivity index (χ3v) is 5.11. The third kappa shape index (κ3) is 1.42. The van der Waals surface area contributed by atoms with Crippen molar-refractivity contribution in [3.8, 4) is 0 Å². The van der Waals surface area contributed by atoms with Crippen molar-refractivity contribution in [2.45, 2.75) is 6.92 Å². The zero-order valence-corrected chi connectivity index (χ0v) is 13.5. The molecule has 3 heterocycles. The number of rotatable bonds is 0. The number of fused-ring (bicyclic) bond motifs is 6. The molecule has 0 spiro atoms. The normalized spacial score (nSPS) is 12.1. The fourth-order valence-electron chi connectivity index (χ4n) is 3.99. The molecule has 23 heavy (non-hydrogen) atoms. The van der Waals surface area contributed by atoms with E-state index in [4.69, 9.17) is 4.98 Å². The molecule has 112 valence electrons. The van der Waals surface area contributed by atoms with Crippen LogP contribution in [-0.4, -0.2) is 14.1 Å². The summed E-state index contributed by atoms with van der Waals surface area (Å²) in [5.74, 6) is 0. The van der Waals surface area contributed by atoms with Gasteiger partial charge in [-0.3, -0.25) is 0 Å². The molecule has 3 nitrogen and oxygen atoms in total. The van der Waals surface area contributed by atoms with Gasteiger partial charge in [0.05, 0.1) is 11.0 Å². The average Bonchev–Trinajstić information content (AvgIpc) is 3.03. The molecular weight excluding hydrogens is 282 g/mol. The molecule has 0 atom stereocenters. The molecule has 0 aliphatic carbocycles. The Balaban J connectivity index is 2.16. The van der Waals surface area contributed by atoms with E-state index < -0.39 is 0 Å². The number of pyridine rings is 1.